The molecule has 2 N–H and O–H groups in total. The summed E-state index contributed by atoms with van der Waals surface area (Å²) < 4.78 is 19.5. The van der Waals surface area contributed by atoms with Crippen LogP contribution in [0.1, 0.15) is 17.4 Å². The van der Waals surface area contributed by atoms with Crippen LogP contribution in [-0.2, 0) is 0 Å². The van der Waals surface area contributed by atoms with Crippen LogP contribution in [0.5, 0.6) is 0 Å². The van der Waals surface area contributed by atoms with Crippen molar-refractivity contribution >= 4 is 22.6 Å². The van der Waals surface area contributed by atoms with Gasteiger partial charge in [-0.3, -0.25) is 0 Å². The topological polar surface area (TPSA) is 39.2 Å². The minimum atomic E-state index is -0.721. The standard InChI is InChI=1S/C15H11ClFNO/c16-10-5-3-6-11(17)14(10)15(18)13-8-9-4-1-2-7-12(9)19-13/h1-8,15H,18H2. The van der Waals surface area contributed by atoms with Crippen LogP contribution in [0.2, 0.25) is 5.02 Å². The Kier molecular flexibility index (Phi) is 3.01. The summed E-state index contributed by atoms with van der Waals surface area (Å²) in [4.78, 5) is 0. The molecular weight excluding hydrogens is 265 g/mol. The molecule has 96 valence electrons. The Morgan fingerprint density at radius 2 is 1.89 bits per heavy atom. The maximum Gasteiger partial charge on any atom is 0.134 e. The molecule has 0 saturated heterocycles. The Morgan fingerprint density at radius 3 is 2.63 bits per heavy atom. The summed E-state index contributed by atoms with van der Waals surface area (Å²) in [5, 5.41) is 1.23. The molecule has 2 nitrogen and oxygen atoms in total. The highest BCUT2D eigenvalue weighted by atomic mass is 35.5. The zero-order valence-corrected chi connectivity index (χ0v) is 10.7. The third-order valence-corrected chi connectivity index (χ3v) is 3.39. The van der Waals surface area contributed by atoms with E-state index in [1.807, 2.05) is 30.3 Å². The van der Waals surface area contributed by atoms with E-state index in [-0.39, 0.29) is 5.56 Å². The second-order valence-electron chi connectivity index (χ2n) is 4.30. The lowest BCUT2D eigenvalue weighted by atomic mass is 10.0. The predicted octanol–water partition coefficient (Wildman–Crippen LogP) is 4.27. The molecule has 3 aromatic rings. The summed E-state index contributed by atoms with van der Waals surface area (Å²) >= 11 is 6.01. The molecule has 0 aliphatic heterocycles. The van der Waals surface area contributed by atoms with E-state index >= 15 is 0 Å². The van der Waals surface area contributed by atoms with Gasteiger partial charge in [-0.15, -0.1) is 0 Å². The minimum absolute atomic E-state index is 0.253. The number of benzene rings is 2. The summed E-state index contributed by atoms with van der Waals surface area (Å²) in [5.41, 5.74) is 7.04. The van der Waals surface area contributed by atoms with E-state index < -0.39 is 11.9 Å². The number of hydrogen-bond acceptors (Lipinski definition) is 2. The first kappa shape index (κ1) is 12.2. The first-order valence-corrected chi connectivity index (χ1v) is 6.22. The molecule has 0 radical (unpaired) electrons. The highest BCUT2D eigenvalue weighted by molar-refractivity contribution is 6.31. The summed E-state index contributed by atoms with van der Waals surface area (Å²) in [7, 11) is 0. The van der Waals surface area contributed by atoms with E-state index in [2.05, 4.69) is 0 Å². The first-order valence-electron chi connectivity index (χ1n) is 5.85. The molecule has 19 heavy (non-hydrogen) atoms. The molecule has 0 bridgehead atoms. The maximum atomic E-state index is 13.8. The molecule has 0 saturated carbocycles. The number of furan rings is 1. The summed E-state index contributed by atoms with van der Waals surface area (Å²) in [6.45, 7) is 0. The molecule has 1 aromatic heterocycles. The molecule has 1 atom stereocenters. The van der Waals surface area contributed by atoms with Crippen molar-refractivity contribution < 1.29 is 8.81 Å². The molecule has 3 rings (SSSR count). The van der Waals surface area contributed by atoms with Crippen molar-refractivity contribution in [3.8, 4) is 0 Å². The van der Waals surface area contributed by atoms with Crippen molar-refractivity contribution in [2.45, 2.75) is 6.04 Å². The number of rotatable bonds is 2. The molecule has 4 heteroatoms. The van der Waals surface area contributed by atoms with Crippen LogP contribution in [-0.4, -0.2) is 0 Å². The fourth-order valence-corrected chi connectivity index (χ4v) is 2.39. The van der Waals surface area contributed by atoms with Crippen LogP contribution in [0.15, 0.2) is 52.9 Å². The summed E-state index contributed by atoms with van der Waals surface area (Å²) in [6, 6.07) is 13.1. The van der Waals surface area contributed by atoms with Crippen molar-refractivity contribution in [3.05, 3.63) is 70.7 Å². The monoisotopic (exact) mass is 275 g/mol. The Bertz CT molecular complexity index is 685. The smallest absolute Gasteiger partial charge is 0.134 e. The number of nitrogens with two attached hydrogens (primary N) is 1. The van der Waals surface area contributed by atoms with Gasteiger partial charge in [-0.2, -0.15) is 0 Å². The van der Waals surface area contributed by atoms with Crippen LogP contribution in [0.25, 0.3) is 11.0 Å². The van der Waals surface area contributed by atoms with Crippen molar-refractivity contribution in [2.75, 3.05) is 0 Å². The van der Waals surface area contributed by atoms with Crippen LogP contribution >= 0.6 is 11.6 Å². The molecule has 0 aliphatic carbocycles. The van der Waals surface area contributed by atoms with Crippen molar-refractivity contribution in [3.63, 3.8) is 0 Å². The van der Waals surface area contributed by atoms with Crippen LogP contribution in [0, 0.1) is 5.82 Å². The SMILES string of the molecule is NC(c1cc2ccccc2o1)c1c(F)cccc1Cl. The Hall–Kier alpha value is -1.84. The third kappa shape index (κ3) is 2.11. The molecule has 1 unspecified atom stereocenters. The number of para-hydroxylation sites is 1. The van der Waals surface area contributed by atoms with E-state index in [0.717, 1.165) is 11.0 Å². The second kappa shape index (κ2) is 4.68. The zero-order chi connectivity index (χ0) is 13.4. The number of halogens is 2. The van der Waals surface area contributed by atoms with E-state index in [4.69, 9.17) is 21.8 Å². The molecule has 1 heterocycles. The highest BCUT2D eigenvalue weighted by Crippen LogP contribution is 2.31. The van der Waals surface area contributed by atoms with Gasteiger partial charge in [0.15, 0.2) is 0 Å². The van der Waals surface area contributed by atoms with Gasteiger partial charge in [0, 0.05) is 16.0 Å². The fourth-order valence-electron chi connectivity index (χ4n) is 2.11. The van der Waals surface area contributed by atoms with Crippen molar-refractivity contribution in [2.24, 2.45) is 5.73 Å². The molecule has 0 amide bonds. The van der Waals surface area contributed by atoms with Gasteiger partial charge in [0.1, 0.15) is 17.2 Å². The van der Waals surface area contributed by atoms with E-state index in [1.165, 1.54) is 6.07 Å². The quantitative estimate of drug-likeness (QED) is 0.758. The number of fused-ring (bicyclic) bond motifs is 1. The van der Waals surface area contributed by atoms with Gasteiger partial charge in [0.25, 0.3) is 0 Å². The molecule has 0 fully saturated rings. The lowest BCUT2D eigenvalue weighted by Gasteiger charge is -2.11. The van der Waals surface area contributed by atoms with Gasteiger partial charge in [-0.25, -0.2) is 4.39 Å². The predicted molar refractivity (Wildman–Crippen MR) is 73.7 cm³/mol. The summed E-state index contributed by atoms with van der Waals surface area (Å²) in [5.74, 6) is 0.0636. The lowest BCUT2D eigenvalue weighted by molar-refractivity contribution is 0.510. The third-order valence-electron chi connectivity index (χ3n) is 3.06. The first-order chi connectivity index (χ1) is 9.16. The minimum Gasteiger partial charge on any atom is -0.459 e. The lowest BCUT2D eigenvalue weighted by Crippen LogP contribution is -2.13. The second-order valence-corrected chi connectivity index (χ2v) is 4.71. The van der Waals surface area contributed by atoms with Gasteiger partial charge < -0.3 is 10.2 Å². The Labute approximate surface area is 114 Å². The summed E-state index contributed by atoms with van der Waals surface area (Å²) in [6.07, 6.45) is 0. The normalized spacial score (nSPS) is 12.8. The van der Waals surface area contributed by atoms with Crippen molar-refractivity contribution in [1.29, 1.82) is 0 Å². The Balaban J connectivity index is 2.10. The van der Waals surface area contributed by atoms with Gasteiger partial charge in [0.05, 0.1) is 6.04 Å². The zero-order valence-electron chi connectivity index (χ0n) is 9.94. The van der Waals surface area contributed by atoms with Gasteiger partial charge in [-0.1, -0.05) is 35.9 Å². The van der Waals surface area contributed by atoms with Crippen LogP contribution < -0.4 is 5.73 Å². The van der Waals surface area contributed by atoms with Crippen LogP contribution in [0.3, 0.4) is 0 Å². The fraction of sp³-hybridized carbons (Fsp3) is 0.0667. The van der Waals surface area contributed by atoms with Gasteiger partial charge >= 0.3 is 0 Å². The Morgan fingerprint density at radius 1 is 1.11 bits per heavy atom. The van der Waals surface area contributed by atoms with E-state index in [0.29, 0.717) is 10.8 Å². The van der Waals surface area contributed by atoms with E-state index in [9.17, 15) is 4.39 Å². The average molecular weight is 276 g/mol. The van der Waals surface area contributed by atoms with Gasteiger partial charge in [-0.05, 0) is 24.3 Å². The van der Waals surface area contributed by atoms with Crippen LogP contribution in [0.4, 0.5) is 4.39 Å². The van der Waals surface area contributed by atoms with Crippen molar-refractivity contribution in [1.82, 2.24) is 0 Å². The molecule has 0 spiro atoms. The van der Waals surface area contributed by atoms with E-state index in [1.54, 1.807) is 12.1 Å². The average Bonchev–Trinajstić information content (AvgIpc) is 2.82. The molecule has 2 aromatic carbocycles. The largest absolute Gasteiger partial charge is 0.459 e. The van der Waals surface area contributed by atoms with Gasteiger partial charge in [0.2, 0.25) is 0 Å². The highest BCUT2D eigenvalue weighted by Gasteiger charge is 2.20. The number of hydrogen-bond donors (Lipinski definition) is 1. The molecule has 0 aliphatic rings. The maximum absolute atomic E-state index is 13.8. The molecular formula is C15H11ClFNO.